The molecule has 0 unspecified atom stereocenters. The maximum atomic E-state index is 9.31. The molecule has 1 aromatic heterocycles. The maximum absolute atomic E-state index is 9.31. The Balaban J connectivity index is 2.32. The van der Waals surface area contributed by atoms with Crippen LogP contribution in [0.15, 0.2) is 30.3 Å². The molecule has 0 aliphatic heterocycles. The van der Waals surface area contributed by atoms with Gasteiger partial charge in [0, 0.05) is 25.0 Å². The highest BCUT2D eigenvalue weighted by Crippen LogP contribution is 2.22. The number of nitrogens with two attached hydrogens (primary N) is 1. The lowest BCUT2D eigenvalue weighted by Crippen LogP contribution is -2.19. The SMILES string of the molecule is Cc1cc(C)c(C#N)c(N(C)Cc2ccc(N)cc2)n1. The fraction of sp³-hybridized carbons (Fsp3) is 0.250. The number of nitrogen functional groups attached to an aromatic ring is 1. The van der Waals surface area contributed by atoms with Crippen molar-refractivity contribution in [2.45, 2.75) is 20.4 Å². The summed E-state index contributed by atoms with van der Waals surface area (Å²) >= 11 is 0. The van der Waals surface area contributed by atoms with Crippen molar-refractivity contribution in [2.75, 3.05) is 17.7 Å². The molecule has 2 rings (SSSR count). The van der Waals surface area contributed by atoms with Crippen molar-refractivity contribution in [1.82, 2.24) is 4.98 Å². The van der Waals surface area contributed by atoms with Crippen LogP contribution in [0.2, 0.25) is 0 Å². The largest absolute Gasteiger partial charge is 0.399 e. The van der Waals surface area contributed by atoms with Crippen molar-refractivity contribution in [2.24, 2.45) is 0 Å². The quantitative estimate of drug-likeness (QED) is 0.867. The van der Waals surface area contributed by atoms with Crippen LogP contribution >= 0.6 is 0 Å². The van der Waals surface area contributed by atoms with E-state index in [2.05, 4.69) is 11.1 Å². The zero-order valence-electron chi connectivity index (χ0n) is 12.0. The van der Waals surface area contributed by atoms with Crippen LogP contribution in [0.25, 0.3) is 0 Å². The second-order valence-corrected chi connectivity index (χ2v) is 4.99. The van der Waals surface area contributed by atoms with Crippen molar-refractivity contribution < 1.29 is 0 Å². The van der Waals surface area contributed by atoms with Gasteiger partial charge in [0.25, 0.3) is 0 Å². The van der Waals surface area contributed by atoms with E-state index in [-0.39, 0.29) is 0 Å². The normalized spacial score (nSPS) is 10.1. The van der Waals surface area contributed by atoms with Gasteiger partial charge >= 0.3 is 0 Å². The summed E-state index contributed by atoms with van der Waals surface area (Å²) in [5, 5.41) is 9.31. The third kappa shape index (κ3) is 2.89. The fourth-order valence-electron chi connectivity index (χ4n) is 2.20. The summed E-state index contributed by atoms with van der Waals surface area (Å²) in [6, 6.07) is 11.9. The van der Waals surface area contributed by atoms with E-state index in [0.717, 1.165) is 28.3 Å². The van der Waals surface area contributed by atoms with Gasteiger partial charge in [0.1, 0.15) is 11.9 Å². The van der Waals surface area contributed by atoms with Gasteiger partial charge in [-0.05, 0) is 43.2 Å². The number of nitriles is 1. The lowest BCUT2D eigenvalue weighted by atomic mass is 10.1. The van der Waals surface area contributed by atoms with Crippen molar-refractivity contribution in [3.05, 3.63) is 52.7 Å². The van der Waals surface area contributed by atoms with E-state index >= 15 is 0 Å². The number of aryl methyl sites for hydroxylation is 2. The third-order valence-electron chi connectivity index (χ3n) is 3.20. The number of benzene rings is 1. The summed E-state index contributed by atoms with van der Waals surface area (Å²) in [5.41, 5.74) is 10.1. The van der Waals surface area contributed by atoms with E-state index in [4.69, 9.17) is 5.73 Å². The predicted molar refractivity (Wildman–Crippen MR) is 81.4 cm³/mol. The summed E-state index contributed by atoms with van der Waals surface area (Å²) in [6.07, 6.45) is 0. The predicted octanol–water partition coefficient (Wildman–Crippen LogP) is 2.79. The summed E-state index contributed by atoms with van der Waals surface area (Å²) in [6.45, 7) is 4.56. The van der Waals surface area contributed by atoms with Gasteiger partial charge in [-0.1, -0.05) is 12.1 Å². The Morgan fingerprint density at radius 2 is 1.90 bits per heavy atom. The molecule has 0 bridgehead atoms. The molecule has 0 amide bonds. The molecule has 0 radical (unpaired) electrons. The molecule has 0 fully saturated rings. The molecule has 20 heavy (non-hydrogen) atoms. The Bertz CT molecular complexity index is 653. The van der Waals surface area contributed by atoms with Crippen LogP contribution in [-0.2, 0) is 6.54 Å². The molecule has 4 heteroatoms. The van der Waals surface area contributed by atoms with Gasteiger partial charge in [-0.3, -0.25) is 0 Å². The standard InChI is InChI=1S/C16H18N4/c1-11-8-12(2)19-16(15(11)9-17)20(3)10-13-4-6-14(18)7-5-13/h4-8H,10,18H2,1-3H3. The topological polar surface area (TPSA) is 65.9 Å². The van der Waals surface area contributed by atoms with E-state index in [0.29, 0.717) is 12.1 Å². The van der Waals surface area contributed by atoms with E-state index < -0.39 is 0 Å². The third-order valence-corrected chi connectivity index (χ3v) is 3.20. The molecule has 4 nitrogen and oxygen atoms in total. The highest BCUT2D eigenvalue weighted by Gasteiger charge is 2.13. The maximum Gasteiger partial charge on any atom is 0.147 e. The van der Waals surface area contributed by atoms with Crippen LogP contribution < -0.4 is 10.6 Å². The first-order valence-electron chi connectivity index (χ1n) is 6.45. The molecule has 2 aromatic rings. The molecule has 0 spiro atoms. The van der Waals surface area contributed by atoms with Gasteiger partial charge in [0.05, 0.1) is 5.56 Å². The molecule has 0 aliphatic carbocycles. The number of aromatic nitrogens is 1. The van der Waals surface area contributed by atoms with Gasteiger partial charge in [-0.2, -0.15) is 5.26 Å². The monoisotopic (exact) mass is 266 g/mol. The van der Waals surface area contributed by atoms with Gasteiger partial charge < -0.3 is 10.6 Å². The first-order valence-corrected chi connectivity index (χ1v) is 6.45. The minimum atomic E-state index is 0.633. The number of rotatable bonds is 3. The van der Waals surface area contributed by atoms with Crippen LogP contribution in [-0.4, -0.2) is 12.0 Å². The highest BCUT2D eigenvalue weighted by molar-refractivity contribution is 5.58. The van der Waals surface area contributed by atoms with Crippen LogP contribution in [0.1, 0.15) is 22.4 Å². The van der Waals surface area contributed by atoms with Crippen LogP contribution in [0.5, 0.6) is 0 Å². The summed E-state index contributed by atoms with van der Waals surface area (Å²) in [4.78, 5) is 6.49. The number of hydrogen-bond acceptors (Lipinski definition) is 4. The molecule has 1 aromatic carbocycles. The molecule has 0 aliphatic rings. The average Bonchev–Trinajstić information content (AvgIpc) is 2.40. The number of anilines is 2. The molecular weight excluding hydrogens is 248 g/mol. The van der Waals surface area contributed by atoms with E-state index in [9.17, 15) is 5.26 Å². The lowest BCUT2D eigenvalue weighted by molar-refractivity contribution is 0.887. The van der Waals surface area contributed by atoms with Crippen molar-refractivity contribution in [3.8, 4) is 6.07 Å². The van der Waals surface area contributed by atoms with Crippen molar-refractivity contribution in [1.29, 1.82) is 5.26 Å². The van der Waals surface area contributed by atoms with Gasteiger partial charge in [-0.15, -0.1) is 0 Å². The molecule has 102 valence electrons. The fourth-order valence-corrected chi connectivity index (χ4v) is 2.20. The van der Waals surface area contributed by atoms with Gasteiger partial charge in [0.2, 0.25) is 0 Å². The summed E-state index contributed by atoms with van der Waals surface area (Å²) < 4.78 is 0. The van der Waals surface area contributed by atoms with Gasteiger partial charge in [-0.25, -0.2) is 4.98 Å². The Labute approximate surface area is 119 Å². The van der Waals surface area contributed by atoms with Crippen molar-refractivity contribution >= 4 is 11.5 Å². The summed E-state index contributed by atoms with van der Waals surface area (Å²) in [7, 11) is 1.94. The molecular formula is C16H18N4. The number of nitrogens with zero attached hydrogens (tertiary/aromatic N) is 3. The first-order chi connectivity index (χ1) is 9.51. The Morgan fingerprint density at radius 1 is 1.25 bits per heavy atom. The van der Waals surface area contributed by atoms with E-state index in [1.165, 1.54) is 0 Å². The minimum absolute atomic E-state index is 0.633. The summed E-state index contributed by atoms with van der Waals surface area (Å²) in [5.74, 6) is 0.724. The van der Waals surface area contributed by atoms with E-state index in [1.54, 1.807) is 0 Å². The van der Waals surface area contributed by atoms with Crippen LogP contribution in [0.3, 0.4) is 0 Å². The molecule has 0 saturated carbocycles. The first kappa shape index (κ1) is 13.9. The highest BCUT2D eigenvalue weighted by atomic mass is 15.2. The zero-order chi connectivity index (χ0) is 14.7. The Kier molecular flexibility index (Phi) is 3.90. The molecule has 2 N–H and O–H groups in total. The number of hydrogen-bond donors (Lipinski definition) is 1. The molecule has 0 saturated heterocycles. The molecule has 0 atom stereocenters. The molecule has 1 heterocycles. The minimum Gasteiger partial charge on any atom is -0.399 e. The number of pyridine rings is 1. The lowest BCUT2D eigenvalue weighted by Gasteiger charge is -2.21. The average molecular weight is 266 g/mol. The Hall–Kier alpha value is -2.54. The smallest absolute Gasteiger partial charge is 0.147 e. The van der Waals surface area contributed by atoms with Crippen molar-refractivity contribution in [3.63, 3.8) is 0 Å². The second kappa shape index (κ2) is 5.62. The van der Waals surface area contributed by atoms with Crippen LogP contribution in [0, 0.1) is 25.2 Å². The van der Waals surface area contributed by atoms with Gasteiger partial charge in [0.15, 0.2) is 0 Å². The zero-order valence-corrected chi connectivity index (χ0v) is 12.0. The Morgan fingerprint density at radius 3 is 2.50 bits per heavy atom. The van der Waals surface area contributed by atoms with E-state index in [1.807, 2.05) is 56.1 Å². The van der Waals surface area contributed by atoms with Crippen LogP contribution in [0.4, 0.5) is 11.5 Å². The second-order valence-electron chi connectivity index (χ2n) is 4.99.